The summed E-state index contributed by atoms with van der Waals surface area (Å²) in [5.41, 5.74) is 1.63. The highest BCUT2D eigenvalue weighted by atomic mass is 127. The highest BCUT2D eigenvalue weighted by Gasteiger charge is 2.15. The quantitative estimate of drug-likeness (QED) is 0.302. The summed E-state index contributed by atoms with van der Waals surface area (Å²) in [5.74, 6) is 1.54. The topological polar surface area (TPSA) is 72.0 Å². The lowest BCUT2D eigenvalue weighted by Crippen LogP contribution is -2.38. The van der Waals surface area contributed by atoms with Gasteiger partial charge in [-0.05, 0) is 32.0 Å². The molecule has 144 valence electrons. The molecule has 0 aromatic carbocycles. The van der Waals surface area contributed by atoms with Crippen LogP contribution in [0.25, 0.3) is 0 Å². The van der Waals surface area contributed by atoms with Crippen molar-refractivity contribution in [2.24, 2.45) is 12.0 Å². The average molecular weight is 474 g/mol. The Morgan fingerprint density at radius 1 is 1.46 bits per heavy atom. The summed E-state index contributed by atoms with van der Waals surface area (Å²) in [7, 11) is 5.36. The maximum atomic E-state index is 11.7. The van der Waals surface area contributed by atoms with E-state index in [2.05, 4.69) is 25.8 Å². The molecule has 0 aliphatic carbocycles. The van der Waals surface area contributed by atoms with Gasteiger partial charge in [0.1, 0.15) is 23.6 Å². The van der Waals surface area contributed by atoms with E-state index < -0.39 is 5.97 Å². The summed E-state index contributed by atoms with van der Waals surface area (Å²) in [6.07, 6.45) is 2.02. The van der Waals surface area contributed by atoms with Gasteiger partial charge in [-0.25, -0.2) is 9.79 Å². The van der Waals surface area contributed by atoms with Crippen molar-refractivity contribution in [2.45, 2.75) is 26.9 Å². The second kappa shape index (κ2) is 10.2. The third-order valence-corrected chi connectivity index (χ3v) is 3.91. The van der Waals surface area contributed by atoms with Crippen molar-refractivity contribution < 1.29 is 13.9 Å². The number of aliphatic imine (C=N–C) groups is 1. The van der Waals surface area contributed by atoms with Crippen molar-refractivity contribution in [3.05, 3.63) is 47.2 Å². The first-order chi connectivity index (χ1) is 12.0. The Morgan fingerprint density at radius 3 is 2.77 bits per heavy atom. The van der Waals surface area contributed by atoms with E-state index in [-0.39, 0.29) is 24.0 Å². The zero-order chi connectivity index (χ0) is 18.4. The van der Waals surface area contributed by atoms with Crippen LogP contribution in [-0.4, -0.2) is 42.1 Å². The molecule has 7 nitrogen and oxygen atoms in total. The molecule has 0 aliphatic heterocycles. The predicted molar refractivity (Wildman–Crippen MR) is 112 cm³/mol. The van der Waals surface area contributed by atoms with Crippen LogP contribution in [0.2, 0.25) is 0 Å². The second-order valence-corrected chi connectivity index (χ2v) is 5.81. The van der Waals surface area contributed by atoms with Crippen molar-refractivity contribution in [3.63, 3.8) is 0 Å². The number of nitrogens with one attached hydrogen (secondary N) is 1. The first-order valence-electron chi connectivity index (χ1n) is 8.23. The molecule has 0 fully saturated rings. The van der Waals surface area contributed by atoms with Crippen molar-refractivity contribution in [2.75, 3.05) is 20.7 Å². The van der Waals surface area contributed by atoms with E-state index in [1.54, 1.807) is 13.0 Å². The molecular weight excluding hydrogens is 447 g/mol. The molecule has 8 heteroatoms. The molecule has 0 spiro atoms. The van der Waals surface area contributed by atoms with Gasteiger partial charge >= 0.3 is 5.97 Å². The van der Waals surface area contributed by atoms with Crippen LogP contribution in [-0.2, 0) is 24.9 Å². The zero-order valence-corrected chi connectivity index (χ0v) is 18.2. The van der Waals surface area contributed by atoms with Gasteiger partial charge in [0.25, 0.3) is 0 Å². The molecule has 0 unspecified atom stereocenters. The molecule has 26 heavy (non-hydrogen) atoms. The number of hydrogen-bond donors (Lipinski definition) is 1. The Kier molecular flexibility index (Phi) is 8.70. The summed E-state index contributed by atoms with van der Waals surface area (Å²) in [6, 6.07) is 5.79. The minimum absolute atomic E-state index is 0. The number of aromatic nitrogens is 1. The van der Waals surface area contributed by atoms with E-state index >= 15 is 0 Å². The number of esters is 1. The fourth-order valence-corrected chi connectivity index (χ4v) is 2.54. The Balaban J connectivity index is 0.00000338. The molecule has 2 rings (SSSR count). The summed E-state index contributed by atoms with van der Waals surface area (Å²) in [5, 5.41) is 3.27. The second-order valence-electron chi connectivity index (χ2n) is 5.81. The minimum atomic E-state index is -0.399. The first-order valence-corrected chi connectivity index (χ1v) is 8.23. The highest BCUT2D eigenvalue weighted by Crippen LogP contribution is 2.16. The van der Waals surface area contributed by atoms with Gasteiger partial charge in [0.05, 0.1) is 13.7 Å². The highest BCUT2D eigenvalue weighted by molar-refractivity contribution is 14.0. The molecule has 1 N–H and O–H groups in total. The molecular formula is C18H27IN4O3. The van der Waals surface area contributed by atoms with Gasteiger partial charge in [0.15, 0.2) is 5.96 Å². The van der Waals surface area contributed by atoms with E-state index in [1.807, 2.05) is 33.3 Å². The van der Waals surface area contributed by atoms with Gasteiger partial charge in [-0.2, -0.15) is 0 Å². The third-order valence-electron chi connectivity index (χ3n) is 3.91. The summed E-state index contributed by atoms with van der Waals surface area (Å²) in [4.78, 5) is 18.3. The molecule has 2 aromatic rings. The van der Waals surface area contributed by atoms with E-state index in [4.69, 9.17) is 9.15 Å². The first kappa shape index (κ1) is 22.1. The average Bonchev–Trinajstić information content (AvgIpc) is 3.16. The van der Waals surface area contributed by atoms with Crippen LogP contribution in [0.15, 0.2) is 33.8 Å². The van der Waals surface area contributed by atoms with Crippen molar-refractivity contribution in [3.8, 4) is 0 Å². The molecule has 0 aliphatic rings. The number of nitrogens with zero attached hydrogens (tertiary/aromatic N) is 3. The molecule has 0 saturated carbocycles. The van der Waals surface area contributed by atoms with Crippen LogP contribution in [0.5, 0.6) is 0 Å². The lowest BCUT2D eigenvalue weighted by atomic mass is 10.2. The maximum absolute atomic E-state index is 11.7. The van der Waals surface area contributed by atoms with Crippen LogP contribution in [0.4, 0.5) is 0 Å². The molecule has 0 atom stereocenters. The number of halogens is 1. The van der Waals surface area contributed by atoms with Gasteiger partial charge in [-0.3, -0.25) is 0 Å². The molecule has 0 radical (unpaired) electrons. The Hall–Kier alpha value is -1.97. The number of furan rings is 1. The monoisotopic (exact) mass is 474 g/mol. The van der Waals surface area contributed by atoms with Crippen LogP contribution >= 0.6 is 24.0 Å². The van der Waals surface area contributed by atoms with Gasteiger partial charge in [-0.1, -0.05) is 0 Å². The smallest absolute Gasteiger partial charge is 0.341 e. The number of aryl methyl sites for hydroxylation is 2. The Morgan fingerprint density at radius 2 is 2.19 bits per heavy atom. The van der Waals surface area contributed by atoms with Gasteiger partial charge in [0.2, 0.25) is 0 Å². The fourth-order valence-electron chi connectivity index (χ4n) is 2.54. The largest absolute Gasteiger partial charge is 0.465 e. The molecule has 0 saturated heterocycles. The van der Waals surface area contributed by atoms with Crippen molar-refractivity contribution in [1.82, 2.24) is 14.8 Å². The van der Waals surface area contributed by atoms with Gasteiger partial charge in [0, 0.05) is 32.5 Å². The lowest BCUT2D eigenvalue weighted by Gasteiger charge is -2.22. The maximum Gasteiger partial charge on any atom is 0.341 e. The van der Waals surface area contributed by atoms with Gasteiger partial charge < -0.3 is 23.9 Å². The normalized spacial score (nSPS) is 11.0. The van der Waals surface area contributed by atoms with E-state index in [0.29, 0.717) is 23.6 Å². The number of carbonyl (C=O) groups excluding carboxylic acids is 1. The zero-order valence-electron chi connectivity index (χ0n) is 15.9. The summed E-state index contributed by atoms with van der Waals surface area (Å²) >= 11 is 0. The number of carbonyl (C=O) groups is 1. The summed E-state index contributed by atoms with van der Waals surface area (Å²) in [6.45, 7) is 5.61. The molecule has 0 amide bonds. The van der Waals surface area contributed by atoms with Gasteiger partial charge in [-0.15, -0.1) is 24.0 Å². The number of hydrogen-bond acceptors (Lipinski definition) is 4. The van der Waals surface area contributed by atoms with Crippen LogP contribution in [0.1, 0.15) is 34.5 Å². The molecule has 2 heterocycles. The third kappa shape index (κ3) is 5.52. The predicted octanol–water partition coefficient (Wildman–Crippen LogP) is 2.93. The van der Waals surface area contributed by atoms with E-state index in [9.17, 15) is 4.79 Å². The standard InChI is InChI=1S/C18H26N4O3.HI/c1-6-19-18(22(4)12-14-8-7-9-21(14)3)20-11-15-10-16(13(2)25-15)17(23)24-5;/h7-10H,6,11-12H2,1-5H3,(H,19,20);1H. The lowest BCUT2D eigenvalue weighted by molar-refractivity contribution is 0.0599. The molecule has 0 bridgehead atoms. The minimum Gasteiger partial charge on any atom is -0.465 e. The Labute approximate surface area is 171 Å². The summed E-state index contributed by atoms with van der Waals surface area (Å²) < 4.78 is 12.4. The number of methoxy groups -OCH3 is 1. The van der Waals surface area contributed by atoms with E-state index in [0.717, 1.165) is 19.0 Å². The number of rotatable bonds is 6. The van der Waals surface area contributed by atoms with Crippen LogP contribution in [0.3, 0.4) is 0 Å². The Bertz CT molecular complexity index is 751. The SMILES string of the molecule is CCNC(=NCc1cc(C(=O)OC)c(C)o1)N(C)Cc1cccn1C.I. The van der Waals surface area contributed by atoms with Crippen molar-refractivity contribution in [1.29, 1.82) is 0 Å². The number of ether oxygens (including phenoxy) is 1. The number of guanidine groups is 1. The van der Waals surface area contributed by atoms with Crippen LogP contribution < -0.4 is 5.32 Å². The van der Waals surface area contributed by atoms with Crippen LogP contribution in [0, 0.1) is 6.92 Å². The fraction of sp³-hybridized carbons (Fsp3) is 0.444. The van der Waals surface area contributed by atoms with E-state index in [1.165, 1.54) is 12.8 Å². The molecule has 2 aromatic heterocycles. The van der Waals surface area contributed by atoms with Crippen molar-refractivity contribution >= 4 is 35.9 Å².